The maximum Gasteiger partial charge on any atom is 0.174 e. The lowest BCUT2D eigenvalue weighted by Gasteiger charge is -2.24. The van der Waals surface area contributed by atoms with Crippen molar-refractivity contribution in [1.82, 2.24) is 29.9 Å². The predicted octanol–water partition coefficient (Wildman–Crippen LogP) is 15.2. The summed E-state index contributed by atoms with van der Waals surface area (Å²) in [6.07, 6.45) is 0. The van der Waals surface area contributed by atoms with Crippen molar-refractivity contribution in [1.29, 1.82) is 0 Å². The summed E-state index contributed by atoms with van der Waals surface area (Å²) in [5.41, 5.74) is 11.8. The van der Waals surface area contributed by atoms with Crippen molar-refractivity contribution >= 4 is 66.9 Å². The van der Waals surface area contributed by atoms with Gasteiger partial charge in [-0.1, -0.05) is 100 Å². The van der Waals surface area contributed by atoms with Gasteiger partial charge < -0.3 is 0 Å². The molecule has 64 heavy (non-hydrogen) atoms. The molecule has 2 aliphatic rings. The summed E-state index contributed by atoms with van der Waals surface area (Å²) in [5.74, 6) is 4.18. The molecule has 6 heterocycles. The van der Waals surface area contributed by atoms with Crippen LogP contribution in [0.4, 0.5) is 0 Å². The Balaban J connectivity index is 1.01. The van der Waals surface area contributed by atoms with Gasteiger partial charge in [0.2, 0.25) is 0 Å². The SMILES string of the molecule is CC1(C)c2cc3c(cc2-c2c1cc(-c1nc(-c4cccs4)nc(-c4cccs4)n1)c1ccccc21)C(C)(C)c1cc(-c2nc(-c4cccs4)nc(-c4cccs4)n2)c2ccccc2c1-3. The van der Waals surface area contributed by atoms with Gasteiger partial charge in [-0.25, -0.2) is 29.9 Å². The molecule has 0 aliphatic heterocycles. The van der Waals surface area contributed by atoms with Crippen molar-refractivity contribution in [2.24, 2.45) is 0 Å². The fourth-order valence-electron chi connectivity index (χ4n) is 10.1. The zero-order chi connectivity index (χ0) is 42.9. The van der Waals surface area contributed by atoms with Crippen molar-refractivity contribution in [3.05, 3.63) is 165 Å². The van der Waals surface area contributed by atoms with Gasteiger partial charge in [0.25, 0.3) is 0 Å². The lowest BCUT2D eigenvalue weighted by molar-refractivity contribution is 0.652. The standard InChI is InChI=1S/C54H36N6S4/c1-53(2)37-27-36-38(28-35(37)45-31-15-7-5-13-29(31)33(25-39(45)53)47-55-49(41-17-9-21-61-41)59-50(56-47)42-18-10-22-62-42)54(3,4)40-26-34(30-14-6-8-16-32(30)46(36)40)48-57-51(43-19-11-23-63-43)60-52(58-48)44-20-12-24-64-44/h5-28H,1-4H3. The highest BCUT2D eigenvalue weighted by Gasteiger charge is 2.44. The van der Waals surface area contributed by atoms with Gasteiger partial charge in [0.05, 0.1) is 19.5 Å². The summed E-state index contributed by atoms with van der Waals surface area (Å²) >= 11 is 6.59. The quantitative estimate of drug-likeness (QED) is 0.165. The normalized spacial score (nSPS) is 14.2. The topological polar surface area (TPSA) is 77.3 Å². The molecule has 13 rings (SSSR count). The Morgan fingerprint density at radius 2 is 0.609 bits per heavy atom. The van der Waals surface area contributed by atoms with Gasteiger partial charge in [-0.2, -0.15) is 0 Å². The van der Waals surface area contributed by atoms with Crippen LogP contribution in [0, 0.1) is 0 Å². The van der Waals surface area contributed by atoms with Crippen LogP contribution in [0.15, 0.2) is 143 Å². The number of benzene rings is 5. The minimum Gasteiger partial charge on any atom is -0.207 e. The van der Waals surface area contributed by atoms with E-state index < -0.39 is 0 Å². The maximum absolute atomic E-state index is 5.20. The molecule has 0 spiro atoms. The van der Waals surface area contributed by atoms with E-state index in [-0.39, 0.29) is 10.8 Å². The van der Waals surface area contributed by atoms with Crippen molar-refractivity contribution in [3.8, 4) is 87.8 Å². The number of hydrogen-bond acceptors (Lipinski definition) is 10. The van der Waals surface area contributed by atoms with E-state index >= 15 is 0 Å². The highest BCUT2D eigenvalue weighted by molar-refractivity contribution is 7.14. The zero-order valence-corrected chi connectivity index (χ0v) is 38.4. The summed E-state index contributed by atoms with van der Waals surface area (Å²) in [4.78, 5) is 34.9. The Labute approximate surface area is 385 Å². The third-order valence-corrected chi connectivity index (χ3v) is 16.7. The van der Waals surface area contributed by atoms with Crippen LogP contribution in [-0.2, 0) is 10.8 Å². The lowest BCUT2D eigenvalue weighted by Crippen LogP contribution is -2.17. The van der Waals surface area contributed by atoms with E-state index in [0.29, 0.717) is 34.9 Å². The van der Waals surface area contributed by atoms with E-state index in [9.17, 15) is 0 Å². The van der Waals surface area contributed by atoms with Crippen LogP contribution in [0.1, 0.15) is 49.9 Å². The molecule has 10 heteroatoms. The molecule has 0 bridgehead atoms. The number of rotatable bonds is 6. The average Bonchev–Trinajstić information content (AvgIpc) is 4.19. The highest BCUT2D eigenvalue weighted by atomic mass is 32.1. The fourth-order valence-corrected chi connectivity index (χ4v) is 12.7. The Hall–Kier alpha value is -6.56. The maximum atomic E-state index is 5.20. The first-order valence-electron chi connectivity index (χ1n) is 21.2. The van der Waals surface area contributed by atoms with E-state index in [1.165, 1.54) is 55.3 Å². The molecule has 0 unspecified atom stereocenters. The molecule has 0 saturated carbocycles. The molecule has 6 nitrogen and oxygen atoms in total. The third-order valence-electron chi connectivity index (χ3n) is 13.2. The number of thiophene rings is 4. The van der Waals surface area contributed by atoms with Crippen LogP contribution in [0.5, 0.6) is 0 Å². The Morgan fingerprint density at radius 1 is 0.312 bits per heavy atom. The molecular weight excluding hydrogens is 861 g/mol. The second-order valence-corrected chi connectivity index (χ2v) is 21.3. The third kappa shape index (κ3) is 5.59. The number of aromatic nitrogens is 6. The first-order chi connectivity index (χ1) is 31.2. The summed E-state index contributed by atoms with van der Waals surface area (Å²) in [5, 5.41) is 13.0. The van der Waals surface area contributed by atoms with Crippen LogP contribution in [0.25, 0.3) is 109 Å². The molecule has 0 atom stereocenters. The molecule has 11 aromatic rings. The van der Waals surface area contributed by atoms with Crippen LogP contribution in [0.3, 0.4) is 0 Å². The monoisotopic (exact) mass is 896 g/mol. The van der Waals surface area contributed by atoms with Gasteiger partial charge in [0, 0.05) is 22.0 Å². The molecule has 306 valence electrons. The van der Waals surface area contributed by atoms with Gasteiger partial charge in [-0.05, 0) is 136 Å². The van der Waals surface area contributed by atoms with Gasteiger partial charge in [-0.15, -0.1) is 45.3 Å². The zero-order valence-electron chi connectivity index (χ0n) is 35.2. The first kappa shape index (κ1) is 37.9. The first-order valence-corrected chi connectivity index (χ1v) is 24.7. The fraction of sp³-hybridized carbons (Fsp3) is 0.111. The number of nitrogens with zero attached hydrogens (tertiary/aromatic N) is 6. The van der Waals surface area contributed by atoms with Crippen molar-refractivity contribution in [3.63, 3.8) is 0 Å². The van der Waals surface area contributed by atoms with Crippen LogP contribution >= 0.6 is 45.3 Å². The predicted molar refractivity (Wildman–Crippen MR) is 267 cm³/mol. The largest absolute Gasteiger partial charge is 0.207 e. The molecule has 5 aromatic carbocycles. The van der Waals surface area contributed by atoms with Crippen LogP contribution in [-0.4, -0.2) is 29.9 Å². The van der Waals surface area contributed by atoms with E-state index in [0.717, 1.165) is 41.4 Å². The molecule has 0 fully saturated rings. The van der Waals surface area contributed by atoms with Crippen LogP contribution in [0.2, 0.25) is 0 Å². The Bertz CT molecular complexity index is 3310. The molecule has 6 aromatic heterocycles. The van der Waals surface area contributed by atoms with Gasteiger partial charge in [0.15, 0.2) is 34.9 Å². The number of fused-ring (bicyclic) bond motifs is 10. The molecule has 0 amide bonds. The summed E-state index contributed by atoms with van der Waals surface area (Å²) in [6, 6.07) is 43.9. The highest BCUT2D eigenvalue weighted by Crippen LogP contribution is 2.59. The summed E-state index contributed by atoms with van der Waals surface area (Å²) in [6.45, 7) is 9.51. The van der Waals surface area contributed by atoms with Crippen LogP contribution < -0.4 is 0 Å². The summed E-state index contributed by atoms with van der Waals surface area (Å²) < 4.78 is 0. The Kier molecular flexibility index (Phi) is 8.28. The van der Waals surface area contributed by atoms with E-state index in [1.807, 2.05) is 0 Å². The molecule has 0 N–H and O–H groups in total. The second kappa shape index (κ2) is 14.0. The molecule has 0 saturated heterocycles. The summed E-state index contributed by atoms with van der Waals surface area (Å²) in [7, 11) is 0. The number of hydrogen-bond donors (Lipinski definition) is 0. The average molecular weight is 897 g/mol. The van der Waals surface area contributed by atoms with Gasteiger partial charge >= 0.3 is 0 Å². The minimum absolute atomic E-state index is 0.317. The Morgan fingerprint density at radius 3 is 0.922 bits per heavy atom. The van der Waals surface area contributed by atoms with Crippen molar-refractivity contribution < 1.29 is 0 Å². The van der Waals surface area contributed by atoms with E-state index in [1.54, 1.807) is 45.3 Å². The molecule has 2 aliphatic carbocycles. The van der Waals surface area contributed by atoms with Crippen molar-refractivity contribution in [2.75, 3.05) is 0 Å². The van der Waals surface area contributed by atoms with E-state index in [2.05, 4.69) is 171 Å². The van der Waals surface area contributed by atoms with E-state index in [4.69, 9.17) is 29.9 Å². The van der Waals surface area contributed by atoms with Gasteiger partial charge in [-0.3, -0.25) is 0 Å². The smallest absolute Gasteiger partial charge is 0.174 e. The van der Waals surface area contributed by atoms with Crippen molar-refractivity contribution in [2.45, 2.75) is 38.5 Å². The molecule has 0 radical (unpaired) electrons. The lowest BCUT2D eigenvalue weighted by atomic mass is 9.79. The second-order valence-electron chi connectivity index (χ2n) is 17.5. The van der Waals surface area contributed by atoms with Gasteiger partial charge in [0.1, 0.15) is 0 Å². The molecular formula is C54H36N6S4. The minimum atomic E-state index is -0.317.